The van der Waals surface area contributed by atoms with E-state index in [2.05, 4.69) is 18.8 Å². The van der Waals surface area contributed by atoms with Gasteiger partial charge in [0.2, 0.25) is 5.67 Å². The Morgan fingerprint density at radius 3 is 2.26 bits per heavy atom. The second-order valence-corrected chi connectivity index (χ2v) is 5.51. The van der Waals surface area contributed by atoms with Crippen LogP contribution in [0.25, 0.3) is 0 Å². The zero-order valence-electron chi connectivity index (χ0n) is 9.91. The van der Waals surface area contributed by atoms with Crippen LogP contribution in [-0.4, -0.2) is 16.0 Å². The number of alkyl halides is 4. The van der Waals surface area contributed by atoms with E-state index < -0.39 is 22.5 Å². The quantitative estimate of drug-likeness (QED) is 0.422. The molecule has 0 saturated heterocycles. The minimum absolute atomic E-state index is 0.207. The summed E-state index contributed by atoms with van der Waals surface area (Å²) < 4.78 is 51.6. The van der Waals surface area contributed by atoms with Gasteiger partial charge in [0.1, 0.15) is 0 Å². The highest BCUT2D eigenvalue weighted by Crippen LogP contribution is 2.42. The molecule has 0 N–H and O–H groups in total. The van der Waals surface area contributed by atoms with Crippen LogP contribution in [0.2, 0.25) is 0 Å². The Morgan fingerprint density at radius 1 is 1.21 bits per heavy atom. The van der Waals surface area contributed by atoms with E-state index in [1.165, 1.54) is 0 Å². The molecule has 0 aliphatic rings. The van der Waals surface area contributed by atoms with Gasteiger partial charge in [0.25, 0.3) is 0 Å². The molecule has 0 radical (unpaired) electrons. The van der Waals surface area contributed by atoms with Crippen molar-refractivity contribution in [3.05, 3.63) is 48.6 Å². The molecular weight excluding hydrogens is 296 g/mol. The van der Waals surface area contributed by atoms with Crippen LogP contribution in [0, 0.1) is 0 Å². The summed E-state index contributed by atoms with van der Waals surface area (Å²) in [7, 11) is 0. The third kappa shape index (κ3) is 4.04. The maximum absolute atomic E-state index is 14.0. The lowest BCUT2D eigenvalue weighted by Gasteiger charge is -2.27. The third-order valence-electron chi connectivity index (χ3n) is 2.41. The number of benzene rings is 1. The first-order valence-electron chi connectivity index (χ1n) is 5.39. The molecule has 1 aromatic rings. The molecule has 1 aromatic carbocycles. The van der Waals surface area contributed by atoms with E-state index in [0.717, 1.165) is 11.6 Å². The first-order chi connectivity index (χ1) is 8.81. The number of hydrogen-bond donors (Lipinski definition) is 0. The molecule has 0 bridgehead atoms. The van der Waals surface area contributed by atoms with E-state index in [4.69, 9.17) is 0 Å². The topological polar surface area (TPSA) is 0 Å². The molecule has 1 atom stereocenters. The van der Waals surface area contributed by atoms with E-state index in [1.54, 1.807) is 30.3 Å². The molecule has 104 valence electrons. The summed E-state index contributed by atoms with van der Waals surface area (Å²) in [5, 5.41) is 0. The van der Waals surface area contributed by atoms with E-state index in [1.807, 2.05) is 0 Å². The molecule has 0 amide bonds. The SMILES string of the molecule is C=CCC(F)(C(=S)SCc1ccccc1)C(F)(F)F. The molecule has 0 heterocycles. The minimum atomic E-state index is -5.03. The summed E-state index contributed by atoms with van der Waals surface area (Å²) in [4.78, 5) is 0. The predicted molar refractivity (Wildman–Crippen MR) is 75.0 cm³/mol. The highest BCUT2D eigenvalue weighted by Gasteiger charge is 2.58. The average Bonchev–Trinajstić information content (AvgIpc) is 2.36. The highest BCUT2D eigenvalue weighted by atomic mass is 32.2. The van der Waals surface area contributed by atoms with Crippen molar-refractivity contribution < 1.29 is 17.6 Å². The standard InChI is InChI=1S/C13H12F4S2/c1-2-8-12(14,13(15,16)17)11(18)19-9-10-6-4-3-5-7-10/h2-7H,1,8-9H2. The Kier molecular flexibility index (Phi) is 5.55. The van der Waals surface area contributed by atoms with Gasteiger partial charge in [0.15, 0.2) is 0 Å². The summed E-state index contributed by atoms with van der Waals surface area (Å²) in [6.07, 6.45) is -5.00. The summed E-state index contributed by atoms with van der Waals surface area (Å²) in [5.41, 5.74) is -2.71. The normalized spacial score (nSPS) is 14.7. The molecule has 0 aliphatic heterocycles. The molecule has 0 spiro atoms. The van der Waals surface area contributed by atoms with Gasteiger partial charge in [-0.25, -0.2) is 4.39 Å². The van der Waals surface area contributed by atoms with Gasteiger partial charge >= 0.3 is 6.18 Å². The van der Waals surface area contributed by atoms with Gasteiger partial charge in [-0.15, -0.1) is 18.3 Å². The minimum Gasteiger partial charge on any atom is -0.227 e. The highest BCUT2D eigenvalue weighted by molar-refractivity contribution is 8.22. The van der Waals surface area contributed by atoms with Gasteiger partial charge in [-0.05, 0) is 5.56 Å². The molecule has 0 aliphatic carbocycles. The lowest BCUT2D eigenvalue weighted by Crippen LogP contribution is -2.45. The Morgan fingerprint density at radius 2 is 1.79 bits per heavy atom. The fraction of sp³-hybridized carbons (Fsp3) is 0.308. The lowest BCUT2D eigenvalue weighted by molar-refractivity contribution is -0.200. The van der Waals surface area contributed by atoms with Crippen LogP contribution in [0.5, 0.6) is 0 Å². The van der Waals surface area contributed by atoms with Crippen LogP contribution >= 0.6 is 24.0 Å². The van der Waals surface area contributed by atoms with Crippen molar-refractivity contribution in [3.63, 3.8) is 0 Å². The largest absolute Gasteiger partial charge is 0.428 e. The summed E-state index contributed by atoms with van der Waals surface area (Å²) in [6.45, 7) is 3.15. The number of halogens is 4. The van der Waals surface area contributed by atoms with E-state index >= 15 is 0 Å². The van der Waals surface area contributed by atoms with Crippen LogP contribution < -0.4 is 0 Å². The molecular formula is C13H12F4S2. The Bertz CT molecular complexity index is 442. The van der Waals surface area contributed by atoms with Crippen molar-refractivity contribution in [2.24, 2.45) is 0 Å². The molecule has 1 unspecified atom stereocenters. The lowest BCUT2D eigenvalue weighted by atomic mass is 10.0. The fourth-order valence-corrected chi connectivity index (χ4v) is 2.65. The number of hydrogen-bond acceptors (Lipinski definition) is 2. The molecule has 0 aromatic heterocycles. The van der Waals surface area contributed by atoms with Gasteiger partial charge in [-0.2, -0.15) is 13.2 Å². The maximum Gasteiger partial charge on any atom is 0.428 e. The van der Waals surface area contributed by atoms with E-state index in [9.17, 15) is 17.6 Å². The molecule has 19 heavy (non-hydrogen) atoms. The summed E-state index contributed by atoms with van der Waals surface area (Å²) >= 11 is 5.31. The van der Waals surface area contributed by atoms with Gasteiger partial charge in [0, 0.05) is 12.2 Å². The van der Waals surface area contributed by atoms with Crippen molar-refractivity contribution in [2.75, 3.05) is 0 Å². The average molecular weight is 308 g/mol. The van der Waals surface area contributed by atoms with Crippen molar-refractivity contribution in [1.29, 1.82) is 0 Å². The van der Waals surface area contributed by atoms with Crippen molar-refractivity contribution in [1.82, 2.24) is 0 Å². The van der Waals surface area contributed by atoms with Crippen molar-refractivity contribution in [2.45, 2.75) is 24.0 Å². The predicted octanol–water partition coefficient (Wildman–Crippen LogP) is 5.09. The summed E-state index contributed by atoms with van der Waals surface area (Å²) in [6, 6.07) is 8.80. The molecule has 0 fully saturated rings. The van der Waals surface area contributed by atoms with Gasteiger partial charge < -0.3 is 0 Å². The van der Waals surface area contributed by atoms with Crippen LogP contribution in [-0.2, 0) is 5.75 Å². The van der Waals surface area contributed by atoms with Crippen molar-refractivity contribution in [3.8, 4) is 0 Å². The smallest absolute Gasteiger partial charge is 0.227 e. The first kappa shape index (κ1) is 16.2. The van der Waals surface area contributed by atoms with E-state index in [-0.39, 0.29) is 5.75 Å². The van der Waals surface area contributed by atoms with E-state index in [0.29, 0.717) is 11.8 Å². The zero-order valence-corrected chi connectivity index (χ0v) is 11.5. The van der Waals surface area contributed by atoms with Crippen LogP contribution in [0.1, 0.15) is 12.0 Å². The number of allylic oxidation sites excluding steroid dienone is 1. The number of rotatable bonds is 5. The van der Waals surface area contributed by atoms with Gasteiger partial charge in [0.05, 0.1) is 4.20 Å². The molecule has 0 nitrogen and oxygen atoms in total. The molecule has 0 saturated carbocycles. The third-order valence-corrected chi connectivity index (χ3v) is 4.15. The van der Waals surface area contributed by atoms with Crippen LogP contribution in [0.3, 0.4) is 0 Å². The second kappa shape index (κ2) is 6.52. The van der Waals surface area contributed by atoms with Crippen molar-refractivity contribution >= 4 is 28.2 Å². The second-order valence-electron chi connectivity index (χ2n) is 3.85. The fourth-order valence-electron chi connectivity index (χ4n) is 1.35. The Labute approximate surface area is 118 Å². The first-order valence-corrected chi connectivity index (χ1v) is 6.78. The van der Waals surface area contributed by atoms with Crippen LogP contribution in [0.15, 0.2) is 43.0 Å². The Hall–Kier alpha value is -0.880. The van der Waals surface area contributed by atoms with Gasteiger partial charge in [-0.3, -0.25) is 0 Å². The summed E-state index contributed by atoms with van der Waals surface area (Å²) in [5.74, 6) is 0.207. The monoisotopic (exact) mass is 308 g/mol. The molecule has 1 rings (SSSR count). The molecule has 6 heteroatoms. The number of thiocarbonyl (C=S) groups is 1. The van der Waals surface area contributed by atoms with Gasteiger partial charge in [-0.1, -0.05) is 48.6 Å². The maximum atomic E-state index is 14.0. The number of thioether (sulfide) groups is 1. The zero-order chi connectivity index (χ0) is 14.5. The van der Waals surface area contributed by atoms with Crippen LogP contribution in [0.4, 0.5) is 17.6 Å². The Balaban J connectivity index is 2.76.